The summed E-state index contributed by atoms with van der Waals surface area (Å²) in [5.41, 5.74) is 2.35. The fourth-order valence-corrected chi connectivity index (χ4v) is 4.07. The van der Waals surface area contributed by atoms with Gasteiger partial charge in [-0.05, 0) is 62.4 Å². The highest BCUT2D eigenvalue weighted by Crippen LogP contribution is 2.28. The van der Waals surface area contributed by atoms with E-state index in [0.717, 1.165) is 43.3 Å². The Hall–Kier alpha value is -1.82. The SMILES string of the molecule is COCCOc1ccccc1CCC1CCN(Cc2cc(Cl)cnc2OC)CC1. The summed E-state index contributed by atoms with van der Waals surface area (Å²) in [6.07, 6.45) is 6.30. The molecule has 0 aliphatic carbocycles. The fraction of sp³-hybridized carbons (Fsp3) is 0.522. The molecule has 2 heterocycles. The minimum Gasteiger partial charge on any atom is -0.491 e. The lowest BCUT2D eigenvalue weighted by molar-refractivity contribution is 0.145. The molecule has 0 N–H and O–H groups in total. The summed E-state index contributed by atoms with van der Waals surface area (Å²) in [5.74, 6) is 2.40. The maximum absolute atomic E-state index is 6.11. The lowest BCUT2D eigenvalue weighted by Gasteiger charge is -2.32. The highest BCUT2D eigenvalue weighted by molar-refractivity contribution is 6.30. The fourth-order valence-electron chi connectivity index (χ4n) is 3.89. The quantitative estimate of drug-likeness (QED) is 0.527. The van der Waals surface area contributed by atoms with Crippen LogP contribution in [-0.4, -0.2) is 50.4 Å². The third kappa shape index (κ3) is 6.59. The molecule has 0 spiro atoms. The molecule has 1 aliphatic rings. The third-order valence-electron chi connectivity index (χ3n) is 5.53. The topological polar surface area (TPSA) is 43.8 Å². The zero-order chi connectivity index (χ0) is 20.5. The summed E-state index contributed by atoms with van der Waals surface area (Å²) in [6.45, 7) is 4.21. The molecule has 1 fully saturated rings. The van der Waals surface area contributed by atoms with Crippen LogP contribution in [0, 0.1) is 5.92 Å². The zero-order valence-electron chi connectivity index (χ0n) is 17.4. The average molecular weight is 419 g/mol. The van der Waals surface area contributed by atoms with Crippen LogP contribution in [0.5, 0.6) is 11.6 Å². The van der Waals surface area contributed by atoms with Crippen molar-refractivity contribution in [3.63, 3.8) is 0 Å². The molecular weight excluding hydrogens is 388 g/mol. The van der Waals surface area contributed by atoms with Gasteiger partial charge in [-0.15, -0.1) is 0 Å². The zero-order valence-corrected chi connectivity index (χ0v) is 18.2. The number of aryl methyl sites for hydroxylation is 1. The van der Waals surface area contributed by atoms with E-state index in [1.165, 1.54) is 24.8 Å². The van der Waals surface area contributed by atoms with Crippen molar-refractivity contribution in [1.82, 2.24) is 9.88 Å². The number of para-hydroxylation sites is 1. The third-order valence-corrected chi connectivity index (χ3v) is 5.73. The molecule has 1 saturated heterocycles. The molecule has 3 rings (SSSR count). The molecule has 1 aromatic heterocycles. The molecule has 5 nitrogen and oxygen atoms in total. The number of nitrogens with zero attached hydrogens (tertiary/aromatic N) is 2. The first-order valence-corrected chi connectivity index (χ1v) is 10.7. The number of ether oxygens (including phenoxy) is 3. The second-order valence-corrected chi connectivity index (χ2v) is 7.97. The van der Waals surface area contributed by atoms with Crippen LogP contribution >= 0.6 is 11.6 Å². The number of halogens is 1. The first-order chi connectivity index (χ1) is 14.2. The Balaban J connectivity index is 1.47. The van der Waals surface area contributed by atoms with Crippen molar-refractivity contribution in [1.29, 1.82) is 0 Å². The van der Waals surface area contributed by atoms with Gasteiger partial charge >= 0.3 is 0 Å². The first-order valence-electron chi connectivity index (χ1n) is 10.3. The summed E-state index contributed by atoms with van der Waals surface area (Å²) in [7, 11) is 3.35. The van der Waals surface area contributed by atoms with Crippen LogP contribution in [0.3, 0.4) is 0 Å². The van der Waals surface area contributed by atoms with Crippen LogP contribution in [0.2, 0.25) is 5.02 Å². The number of hydrogen-bond acceptors (Lipinski definition) is 5. The molecule has 0 radical (unpaired) electrons. The summed E-state index contributed by atoms with van der Waals surface area (Å²) in [4.78, 5) is 6.74. The monoisotopic (exact) mass is 418 g/mol. The first kappa shape index (κ1) is 21.9. The van der Waals surface area contributed by atoms with Crippen molar-refractivity contribution in [2.45, 2.75) is 32.2 Å². The molecule has 0 bridgehead atoms. The second-order valence-electron chi connectivity index (χ2n) is 7.53. The van der Waals surface area contributed by atoms with Crippen LogP contribution < -0.4 is 9.47 Å². The highest BCUT2D eigenvalue weighted by atomic mass is 35.5. The van der Waals surface area contributed by atoms with E-state index in [1.807, 2.05) is 12.1 Å². The van der Waals surface area contributed by atoms with Crippen LogP contribution in [0.4, 0.5) is 0 Å². The van der Waals surface area contributed by atoms with Gasteiger partial charge < -0.3 is 14.2 Å². The highest BCUT2D eigenvalue weighted by Gasteiger charge is 2.21. The van der Waals surface area contributed by atoms with Crippen molar-refractivity contribution >= 4 is 11.6 Å². The Morgan fingerprint density at radius 3 is 2.66 bits per heavy atom. The second kappa shape index (κ2) is 11.4. The van der Waals surface area contributed by atoms with E-state index in [-0.39, 0.29) is 0 Å². The lowest BCUT2D eigenvalue weighted by Crippen LogP contribution is -2.33. The number of likely N-dealkylation sites (tertiary alicyclic amines) is 1. The number of hydrogen-bond donors (Lipinski definition) is 0. The molecule has 0 atom stereocenters. The predicted molar refractivity (Wildman–Crippen MR) is 116 cm³/mol. The van der Waals surface area contributed by atoms with E-state index in [9.17, 15) is 0 Å². The van der Waals surface area contributed by atoms with Crippen LogP contribution in [0.1, 0.15) is 30.4 Å². The number of methoxy groups -OCH3 is 2. The molecule has 158 valence electrons. The van der Waals surface area contributed by atoms with Crippen LogP contribution in [0.15, 0.2) is 36.5 Å². The average Bonchev–Trinajstić information content (AvgIpc) is 2.74. The van der Waals surface area contributed by atoms with Gasteiger partial charge in [-0.25, -0.2) is 4.98 Å². The van der Waals surface area contributed by atoms with Gasteiger partial charge in [-0.2, -0.15) is 0 Å². The van der Waals surface area contributed by atoms with E-state index >= 15 is 0 Å². The van der Waals surface area contributed by atoms with Gasteiger partial charge in [0.1, 0.15) is 12.4 Å². The maximum Gasteiger partial charge on any atom is 0.217 e. The van der Waals surface area contributed by atoms with E-state index in [0.29, 0.717) is 24.1 Å². The smallest absolute Gasteiger partial charge is 0.217 e. The lowest BCUT2D eigenvalue weighted by atomic mass is 9.90. The molecule has 0 saturated carbocycles. The number of benzene rings is 1. The van der Waals surface area contributed by atoms with Gasteiger partial charge in [0.15, 0.2) is 0 Å². The van der Waals surface area contributed by atoms with Crippen LogP contribution in [-0.2, 0) is 17.7 Å². The molecule has 1 aliphatic heterocycles. The van der Waals surface area contributed by atoms with Crippen molar-refractivity contribution in [3.8, 4) is 11.6 Å². The van der Waals surface area contributed by atoms with E-state index < -0.39 is 0 Å². The Bertz CT molecular complexity index is 764. The van der Waals surface area contributed by atoms with Gasteiger partial charge in [0.05, 0.1) is 18.7 Å². The molecule has 0 unspecified atom stereocenters. The summed E-state index contributed by atoms with van der Waals surface area (Å²) in [5, 5.41) is 0.655. The minimum atomic E-state index is 0.591. The summed E-state index contributed by atoms with van der Waals surface area (Å²) >= 11 is 6.11. The summed E-state index contributed by atoms with van der Waals surface area (Å²) < 4.78 is 16.3. The Labute approximate surface area is 178 Å². The molecule has 1 aromatic carbocycles. The van der Waals surface area contributed by atoms with Crippen molar-refractivity contribution in [2.24, 2.45) is 5.92 Å². The van der Waals surface area contributed by atoms with Gasteiger partial charge in [-0.1, -0.05) is 29.8 Å². The largest absolute Gasteiger partial charge is 0.491 e. The number of pyridine rings is 1. The molecule has 2 aromatic rings. The Morgan fingerprint density at radius 2 is 1.90 bits per heavy atom. The predicted octanol–water partition coefficient (Wildman–Crippen LogP) is 4.61. The number of rotatable bonds is 10. The maximum atomic E-state index is 6.11. The van der Waals surface area contributed by atoms with E-state index in [4.69, 9.17) is 25.8 Å². The standard InChI is InChI=1S/C23H31ClN2O3/c1-27-13-14-29-22-6-4-3-5-19(22)8-7-18-9-11-26(12-10-18)17-20-15-21(24)16-25-23(20)28-2/h3-6,15-16,18H,7-14,17H2,1-2H3. The molecule has 0 amide bonds. The van der Waals surface area contributed by atoms with E-state index in [2.05, 4.69) is 28.1 Å². The van der Waals surface area contributed by atoms with Crippen LogP contribution in [0.25, 0.3) is 0 Å². The Kier molecular flexibility index (Phi) is 8.59. The Morgan fingerprint density at radius 1 is 1.10 bits per heavy atom. The van der Waals surface area contributed by atoms with E-state index in [1.54, 1.807) is 20.4 Å². The minimum absolute atomic E-state index is 0.591. The van der Waals surface area contributed by atoms with Crippen molar-refractivity contribution in [3.05, 3.63) is 52.7 Å². The molecule has 6 heteroatoms. The summed E-state index contributed by atoms with van der Waals surface area (Å²) in [6, 6.07) is 10.3. The van der Waals surface area contributed by atoms with Crippen molar-refractivity contribution < 1.29 is 14.2 Å². The van der Waals surface area contributed by atoms with Crippen molar-refractivity contribution in [2.75, 3.05) is 40.5 Å². The number of aromatic nitrogens is 1. The van der Waals surface area contributed by atoms with Gasteiger partial charge in [-0.3, -0.25) is 4.90 Å². The molecule has 29 heavy (non-hydrogen) atoms. The van der Waals surface area contributed by atoms with Gasteiger partial charge in [0.2, 0.25) is 5.88 Å². The van der Waals surface area contributed by atoms with Gasteiger partial charge in [0, 0.05) is 25.4 Å². The van der Waals surface area contributed by atoms with Gasteiger partial charge in [0.25, 0.3) is 0 Å². The number of piperidine rings is 1. The molecular formula is C23H31ClN2O3. The normalized spacial score (nSPS) is 15.4.